The Kier molecular flexibility index (Phi) is 5.82. The number of nitrogens with zero attached hydrogens (tertiary/aromatic N) is 3. The van der Waals surface area contributed by atoms with Gasteiger partial charge in [0.1, 0.15) is 0 Å². The Labute approximate surface area is 160 Å². The number of carbonyl (C=O) groups is 2. The van der Waals surface area contributed by atoms with E-state index < -0.39 is 0 Å². The number of benzene rings is 1. The number of hydrogen-bond acceptors (Lipinski definition) is 7. The average molecular weight is 385 g/mol. The molecule has 2 heterocycles. The zero-order valence-electron chi connectivity index (χ0n) is 14.9. The number of carbonyl (C=O) groups excluding carboxylic acids is 2. The van der Waals surface area contributed by atoms with Crippen LogP contribution in [0, 0.1) is 0 Å². The van der Waals surface area contributed by atoms with E-state index in [2.05, 4.69) is 21.0 Å². The van der Waals surface area contributed by atoms with Gasteiger partial charge < -0.3 is 9.42 Å². The summed E-state index contributed by atoms with van der Waals surface area (Å²) in [5, 5.41) is 7.73. The maximum absolute atomic E-state index is 12.1. The van der Waals surface area contributed by atoms with Gasteiger partial charge in [0.15, 0.2) is 0 Å². The predicted octanol–water partition coefficient (Wildman–Crippen LogP) is 2.26. The molecule has 3 aromatic rings. The fourth-order valence-corrected chi connectivity index (χ4v) is 2.91. The van der Waals surface area contributed by atoms with Crippen LogP contribution in [-0.4, -0.2) is 36.1 Å². The van der Waals surface area contributed by atoms with E-state index in [-0.39, 0.29) is 24.7 Å². The van der Waals surface area contributed by atoms with E-state index in [0.29, 0.717) is 17.3 Å². The number of rotatable bonds is 6. The van der Waals surface area contributed by atoms with Crippen molar-refractivity contribution in [2.75, 3.05) is 19.0 Å². The first-order valence-corrected chi connectivity index (χ1v) is 9.19. The molecule has 0 aliphatic carbocycles. The number of hydrazine groups is 1. The Morgan fingerprint density at radius 3 is 2.81 bits per heavy atom. The predicted molar refractivity (Wildman–Crippen MR) is 102 cm³/mol. The molecule has 0 aliphatic rings. The van der Waals surface area contributed by atoms with Crippen LogP contribution in [-0.2, 0) is 11.2 Å². The van der Waals surface area contributed by atoms with Crippen molar-refractivity contribution in [1.29, 1.82) is 0 Å². The summed E-state index contributed by atoms with van der Waals surface area (Å²) in [4.78, 5) is 30.2. The quantitative estimate of drug-likeness (QED) is 0.631. The van der Waals surface area contributed by atoms with E-state index in [1.807, 2.05) is 41.9 Å². The highest BCUT2D eigenvalue weighted by Crippen LogP contribution is 2.19. The minimum atomic E-state index is -0.385. The first-order chi connectivity index (χ1) is 13.0. The highest BCUT2D eigenvalue weighted by molar-refractivity contribution is 7.08. The molecule has 2 amide bonds. The molecule has 0 aliphatic heterocycles. The summed E-state index contributed by atoms with van der Waals surface area (Å²) in [6, 6.07) is 8.99. The Morgan fingerprint density at radius 2 is 2.07 bits per heavy atom. The SMILES string of the molecule is CN(C)c1cccc(C(=O)NNC(=O)CCc2nc(-c3ccsc3)no2)c1. The number of nitrogens with one attached hydrogen (secondary N) is 2. The van der Waals surface area contributed by atoms with Crippen molar-refractivity contribution in [3.63, 3.8) is 0 Å². The lowest BCUT2D eigenvalue weighted by molar-refractivity contribution is -0.121. The molecule has 0 unspecified atom stereocenters. The van der Waals surface area contributed by atoms with E-state index >= 15 is 0 Å². The van der Waals surface area contributed by atoms with Gasteiger partial charge in [-0.15, -0.1) is 0 Å². The van der Waals surface area contributed by atoms with E-state index in [1.54, 1.807) is 29.5 Å². The summed E-state index contributed by atoms with van der Waals surface area (Å²) in [7, 11) is 3.78. The molecule has 0 atom stereocenters. The number of anilines is 1. The molecule has 27 heavy (non-hydrogen) atoms. The number of amides is 2. The number of hydrogen-bond donors (Lipinski definition) is 2. The third-order valence-electron chi connectivity index (χ3n) is 3.75. The van der Waals surface area contributed by atoms with Gasteiger partial charge in [-0.05, 0) is 29.6 Å². The van der Waals surface area contributed by atoms with Crippen LogP contribution in [0.15, 0.2) is 45.6 Å². The van der Waals surface area contributed by atoms with Crippen LogP contribution < -0.4 is 15.8 Å². The summed E-state index contributed by atoms with van der Waals surface area (Å²) in [6.07, 6.45) is 0.401. The molecule has 1 aromatic carbocycles. The molecule has 9 heteroatoms. The first kappa shape index (κ1) is 18.6. The maximum atomic E-state index is 12.1. The molecule has 0 bridgehead atoms. The Balaban J connectivity index is 1.47. The summed E-state index contributed by atoms with van der Waals surface area (Å²) in [5.74, 6) is 0.143. The van der Waals surface area contributed by atoms with Gasteiger partial charge in [-0.2, -0.15) is 16.3 Å². The normalized spacial score (nSPS) is 10.4. The second-order valence-corrected chi connectivity index (χ2v) is 6.75. The minimum absolute atomic E-state index is 0.114. The summed E-state index contributed by atoms with van der Waals surface area (Å²) in [6.45, 7) is 0. The smallest absolute Gasteiger partial charge is 0.269 e. The monoisotopic (exact) mass is 385 g/mol. The van der Waals surface area contributed by atoms with Crippen molar-refractivity contribution in [3.05, 3.63) is 52.5 Å². The van der Waals surface area contributed by atoms with Crippen molar-refractivity contribution in [2.24, 2.45) is 0 Å². The molecule has 2 N–H and O–H groups in total. The first-order valence-electron chi connectivity index (χ1n) is 8.24. The van der Waals surface area contributed by atoms with Crippen LogP contribution in [0.1, 0.15) is 22.7 Å². The van der Waals surface area contributed by atoms with Gasteiger partial charge in [0.2, 0.25) is 17.6 Å². The minimum Gasteiger partial charge on any atom is -0.378 e. The fourth-order valence-electron chi connectivity index (χ4n) is 2.27. The molecule has 0 fully saturated rings. The van der Waals surface area contributed by atoms with Crippen molar-refractivity contribution in [3.8, 4) is 11.4 Å². The third-order valence-corrected chi connectivity index (χ3v) is 4.44. The molecule has 0 radical (unpaired) electrons. The van der Waals surface area contributed by atoms with Crippen LogP contribution in [0.3, 0.4) is 0 Å². The van der Waals surface area contributed by atoms with E-state index in [0.717, 1.165) is 11.3 Å². The molecule has 140 valence electrons. The Hall–Kier alpha value is -3.20. The zero-order valence-corrected chi connectivity index (χ0v) is 15.7. The topological polar surface area (TPSA) is 100 Å². The van der Waals surface area contributed by atoms with Crippen LogP contribution in [0.25, 0.3) is 11.4 Å². The summed E-state index contributed by atoms with van der Waals surface area (Å²) in [5.41, 5.74) is 7.03. The van der Waals surface area contributed by atoms with Crippen LogP contribution >= 0.6 is 11.3 Å². The molecular weight excluding hydrogens is 366 g/mol. The Morgan fingerprint density at radius 1 is 1.22 bits per heavy atom. The molecule has 8 nitrogen and oxygen atoms in total. The summed E-state index contributed by atoms with van der Waals surface area (Å²) < 4.78 is 5.14. The van der Waals surface area contributed by atoms with Crippen LogP contribution in [0.4, 0.5) is 5.69 Å². The van der Waals surface area contributed by atoms with Crippen molar-refractivity contribution >= 4 is 28.8 Å². The standard InChI is InChI=1S/C18H19N5O3S/c1-23(2)14-5-3-4-12(10-14)18(25)21-20-15(24)6-7-16-19-17(22-26-16)13-8-9-27-11-13/h3-5,8-11H,6-7H2,1-2H3,(H,20,24)(H,21,25). The van der Waals surface area contributed by atoms with Crippen molar-refractivity contribution in [1.82, 2.24) is 21.0 Å². The van der Waals surface area contributed by atoms with E-state index in [1.165, 1.54) is 0 Å². The van der Waals surface area contributed by atoms with E-state index in [9.17, 15) is 9.59 Å². The second kappa shape index (κ2) is 8.45. The molecule has 0 saturated carbocycles. The lowest BCUT2D eigenvalue weighted by Crippen LogP contribution is -2.41. The average Bonchev–Trinajstić information content (AvgIpc) is 3.35. The van der Waals surface area contributed by atoms with E-state index in [4.69, 9.17) is 4.52 Å². The van der Waals surface area contributed by atoms with Crippen LogP contribution in [0.5, 0.6) is 0 Å². The second-order valence-electron chi connectivity index (χ2n) is 5.97. The highest BCUT2D eigenvalue weighted by Gasteiger charge is 2.12. The molecule has 2 aromatic heterocycles. The van der Waals surface area contributed by atoms with Gasteiger partial charge in [0, 0.05) is 49.1 Å². The summed E-state index contributed by atoms with van der Waals surface area (Å²) >= 11 is 1.54. The molecular formula is C18H19N5O3S. The highest BCUT2D eigenvalue weighted by atomic mass is 32.1. The van der Waals surface area contributed by atoms with Crippen molar-refractivity contribution < 1.29 is 14.1 Å². The lowest BCUT2D eigenvalue weighted by Gasteiger charge is -2.13. The number of aryl methyl sites for hydroxylation is 1. The van der Waals surface area contributed by atoms with Crippen molar-refractivity contribution in [2.45, 2.75) is 12.8 Å². The third kappa shape index (κ3) is 4.91. The largest absolute Gasteiger partial charge is 0.378 e. The molecule has 0 spiro atoms. The zero-order chi connectivity index (χ0) is 19.2. The van der Waals surface area contributed by atoms with Gasteiger partial charge in [-0.1, -0.05) is 11.2 Å². The van der Waals surface area contributed by atoms with Gasteiger partial charge in [0.05, 0.1) is 0 Å². The fraction of sp³-hybridized carbons (Fsp3) is 0.222. The maximum Gasteiger partial charge on any atom is 0.269 e. The Bertz CT molecular complexity index is 921. The van der Waals surface area contributed by atoms with Crippen LogP contribution in [0.2, 0.25) is 0 Å². The van der Waals surface area contributed by atoms with Gasteiger partial charge >= 0.3 is 0 Å². The van der Waals surface area contributed by atoms with Gasteiger partial charge in [0.25, 0.3) is 5.91 Å². The lowest BCUT2D eigenvalue weighted by atomic mass is 10.2. The number of thiophene rings is 1. The number of aromatic nitrogens is 2. The van der Waals surface area contributed by atoms with Gasteiger partial charge in [-0.3, -0.25) is 20.4 Å². The molecule has 3 rings (SSSR count). The molecule has 0 saturated heterocycles. The van der Waals surface area contributed by atoms with Gasteiger partial charge in [-0.25, -0.2) is 0 Å².